The minimum atomic E-state index is -0.108. The minimum Gasteiger partial charge on any atom is -0.391 e. The van der Waals surface area contributed by atoms with Crippen molar-refractivity contribution in [2.45, 2.75) is 18.8 Å². The molecule has 0 spiro atoms. The molecule has 2 fully saturated rings. The lowest BCUT2D eigenvalue weighted by molar-refractivity contribution is 0.122. The smallest absolute Gasteiger partial charge is 0.242 e. The maximum atomic E-state index is 7.75. The Morgan fingerprint density at radius 2 is 2.16 bits per heavy atom. The van der Waals surface area contributed by atoms with Crippen LogP contribution in [0.1, 0.15) is 30.1 Å². The quantitative estimate of drug-likeness (QED) is 0.465. The molecule has 0 atom stereocenters. The van der Waals surface area contributed by atoms with Gasteiger partial charge in [-0.3, -0.25) is 5.41 Å². The second kappa shape index (κ2) is 5.10. The van der Waals surface area contributed by atoms with Gasteiger partial charge in [0.2, 0.25) is 5.90 Å². The second-order valence-electron chi connectivity index (χ2n) is 4.79. The molecule has 0 radical (unpaired) electrons. The first-order valence-electron chi connectivity index (χ1n) is 6.45. The minimum absolute atomic E-state index is 0.108. The van der Waals surface area contributed by atoms with Crippen molar-refractivity contribution in [3.63, 3.8) is 0 Å². The molecule has 3 rings (SSSR count). The van der Waals surface area contributed by atoms with Crippen LogP contribution in [0.2, 0.25) is 0 Å². The highest BCUT2D eigenvalue weighted by atomic mass is 16.6. The lowest BCUT2D eigenvalue weighted by Crippen LogP contribution is -2.38. The predicted molar refractivity (Wildman–Crippen MR) is 69.1 cm³/mol. The molecular weight excluding hydrogens is 246 g/mol. The van der Waals surface area contributed by atoms with Crippen molar-refractivity contribution in [3.05, 3.63) is 17.6 Å². The van der Waals surface area contributed by atoms with Crippen LogP contribution in [0.4, 0.5) is 5.82 Å². The number of ether oxygens (including phenoxy) is 1. The van der Waals surface area contributed by atoms with Crippen LogP contribution in [0.5, 0.6) is 0 Å². The molecule has 0 bridgehead atoms. The molecule has 7 heteroatoms. The normalized spacial score (nSPS) is 19.3. The van der Waals surface area contributed by atoms with E-state index in [4.69, 9.17) is 16.0 Å². The number of rotatable bonds is 3. The van der Waals surface area contributed by atoms with E-state index >= 15 is 0 Å². The van der Waals surface area contributed by atoms with E-state index in [1.807, 2.05) is 0 Å². The third-order valence-corrected chi connectivity index (χ3v) is 3.40. The van der Waals surface area contributed by atoms with Gasteiger partial charge in [0.25, 0.3) is 0 Å². The van der Waals surface area contributed by atoms with Gasteiger partial charge in [-0.15, -0.1) is 0 Å². The molecule has 19 heavy (non-hydrogen) atoms. The number of hydrogen-bond acceptors (Lipinski definition) is 7. The molecule has 0 aromatic carbocycles. The van der Waals surface area contributed by atoms with Gasteiger partial charge in [0, 0.05) is 25.2 Å². The summed E-state index contributed by atoms with van der Waals surface area (Å²) in [6, 6.07) is 0. The molecule has 1 aliphatic carbocycles. The zero-order valence-corrected chi connectivity index (χ0v) is 10.6. The predicted octanol–water partition coefficient (Wildman–Crippen LogP) is 0.406. The van der Waals surface area contributed by atoms with Crippen LogP contribution in [0.15, 0.2) is 6.20 Å². The summed E-state index contributed by atoms with van der Waals surface area (Å²) in [5.41, 5.74) is 0.536. The van der Waals surface area contributed by atoms with Crippen molar-refractivity contribution in [1.82, 2.24) is 9.97 Å². The maximum absolute atomic E-state index is 7.75. The molecule has 2 aliphatic rings. The van der Waals surface area contributed by atoms with Gasteiger partial charge in [-0.05, 0) is 12.8 Å². The van der Waals surface area contributed by atoms with Crippen LogP contribution >= 0.6 is 0 Å². The molecule has 2 heterocycles. The number of nitrogens with two attached hydrogens (primary N) is 1. The summed E-state index contributed by atoms with van der Waals surface area (Å²) in [7, 11) is 0. The van der Waals surface area contributed by atoms with E-state index in [0.717, 1.165) is 37.6 Å². The van der Waals surface area contributed by atoms with Crippen LogP contribution in [0, 0.1) is 5.41 Å². The molecule has 0 amide bonds. The Kier molecular flexibility index (Phi) is 3.31. The van der Waals surface area contributed by atoms with Gasteiger partial charge in [0.15, 0.2) is 0 Å². The van der Waals surface area contributed by atoms with E-state index in [0.29, 0.717) is 24.7 Å². The fourth-order valence-electron chi connectivity index (χ4n) is 2.16. The molecule has 3 N–H and O–H groups in total. The Morgan fingerprint density at radius 1 is 1.42 bits per heavy atom. The highest BCUT2D eigenvalue weighted by Crippen LogP contribution is 2.38. The summed E-state index contributed by atoms with van der Waals surface area (Å²) >= 11 is 0. The SMILES string of the molecule is N=C(ON)c1cnc(C2CC2)nc1N1CCOCC1. The van der Waals surface area contributed by atoms with Crippen LogP contribution in [0.3, 0.4) is 0 Å². The Balaban J connectivity index is 1.95. The Hall–Kier alpha value is -1.73. The number of hydrogen-bond donors (Lipinski definition) is 2. The molecule has 7 nitrogen and oxygen atoms in total. The zero-order valence-electron chi connectivity index (χ0n) is 10.6. The van der Waals surface area contributed by atoms with Crippen molar-refractivity contribution in [2.75, 3.05) is 31.2 Å². The van der Waals surface area contributed by atoms with Gasteiger partial charge in [0.05, 0.1) is 18.8 Å². The van der Waals surface area contributed by atoms with E-state index in [1.165, 1.54) is 0 Å². The van der Waals surface area contributed by atoms with Crippen molar-refractivity contribution in [2.24, 2.45) is 5.90 Å². The van der Waals surface area contributed by atoms with E-state index in [2.05, 4.69) is 19.7 Å². The topological polar surface area (TPSA) is 97.3 Å². The van der Waals surface area contributed by atoms with E-state index in [1.54, 1.807) is 6.20 Å². The summed E-state index contributed by atoms with van der Waals surface area (Å²) in [4.78, 5) is 15.6. The van der Waals surface area contributed by atoms with Gasteiger partial charge < -0.3 is 14.5 Å². The third kappa shape index (κ3) is 2.52. The van der Waals surface area contributed by atoms with E-state index < -0.39 is 0 Å². The van der Waals surface area contributed by atoms with Gasteiger partial charge in [-0.1, -0.05) is 0 Å². The zero-order chi connectivity index (χ0) is 13.2. The largest absolute Gasteiger partial charge is 0.391 e. The third-order valence-electron chi connectivity index (χ3n) is 3.40. The van der Waals surface area contributed by atoms with Crippen LogP contribution < -0.4 is 10.8 Å². The first-order chi connectivity index (χ1) is 9.29. The van der Waals surface area contributed by atoms with E-state index in [-0.39, 0.29) is 5.90 Å². The average Bonchev–Trinajstić information content (AvgIpc) is 3.31. The summed E-state index contributed by atoms with van der Waals surface area (Å²) < 4.78 is 5.34. The fourth-order valence-corrected chi connectivity index (χ4v) is 2.16. The number of nitrogens with zero attached hydrogens (tertiary/aromatic N) is 3. The molecular formula is C12H17N5O2. The van der Waals surface area contributed by atoms with Crippen LogP contribution in [-0.2, 0) is 9.57 Å². The first-order valence-corrected chi connectivity index (χ1v) is 6.45. The Labute approximate surface area is 111 Å². The lowest BCUT2D eigenvalue weighted by atomic mass is 10.2. The van der Waals surface area contributed by atoms with Crippen molar-refractivity contribution in [1.29, 1.82) is 5.41 Å². The highest BCUT2D eigenvalue weighted by molar-refractivity contribution is 5.96. The van der Waals surface area contributed by atoms with Gasteiger partial charge in [0.1, 0.15) is 11.6 Å². The van der Waals surface area contributed by atoms with Crippen LogP contribution in [-0.4, -0.2) is 42.2 Å². The first kappa shape index (κ1) is 12.3. The van der Waals surface area contributed by atoms with Crippen molar-refractivity contribution < 1.29 is 9.57 Å². The molecule has 1 aromatic heterocycles. The maximum Gasteiger partial charge on any atom is 0.242 e. The number of nitrogens with one attached hydrogen (secondary N) is 1. The van der Waals surface area contributed by atoms with Crippen LogP contribution in [0.25, 0.3) is 0 Å². The molecule has 1 aliphatic heterocycles. The second-order valence-corrected chi connectivity index (χ2v) is 4.79. The number of aromatic nitrogens is 2. The fraction of sp³-hybridized carbons (Fsp3) is 0.583. The van der Waals surface area contributed by atoms with Crippen molar-refractivity contribution >= 4 is 11.7 Å². The lowest BCUT2D eigenvalue weighted by Gasteiger charge is -2.29. The Bertz CT molecular complexity index is 483. The van der Waals surface area contributed by atoms with Crippen molar-refractivity contribution in [3.8, 4) is 0 Å². The standard InChI is InChI=1S/C12H17N5O2/c13-10(19-14)9-7-15-11(8-1-2-8)16-12(9)17-3-5-18-6-4-17/h7-8,13H,1-6,14H2. The molecule has 1 saturated carbocycles. The molecule has 1 aromatic rings. The summed E-state index contributed by atoms with van der Waals surface area (Å²) in [6.07, 6.45) is 3.93. The monoisotopic (exact) mass is 263 g/mol. The molecule has 1 saturated heterocycles. The highest BCUT2D eigenvalue weighted by Gasteiger charge is 2.29. The summed E-state index contributed by atoms with van der Waals surface area (Å²) in [5.74, 6) is 7.04. The number of anilines is 1. The van der Waals surface area contributed by atoms with E-state index in [9.17, 15) is 0 Å². The number of morpholine rings is 1. The molecule has 102 valence electrons. The van der Waals surface area contributed by atoms with Gasteiger partial charge >= 0.3 is 0 Å². The molecule has 0 unspecified atom stereocenters. The summed E-state index contributed by atoms with van der Waals surface area (Å²) in [5, 5.41) is 7.75. The average molecular weight is 263 g/mol. The Morgan fingerprint density at radius 3 is 2.79 bits per heavy atom. The van der Waals surface area contributed by atoms with Gasteiger partial charge in [-0.2, -0.15) is 5.90 Å². The van der Waals surface area contributed by atoms with Gasteiger partial charge in [-0.25, -0.2) is 9.97 Å². The summed E-state index contributed by atoms with van der Waals surface area (Å²) in [6.45, 7) is 2.84.